The number of aromatic amines is 1. The number of rotatable bonds is 6. The van der Waals surface area contributed by atoms with Gasteiger partial charge in [-0.25, -0.2) is 0 Å². The van der Waals surface area contributed by atoms with Gasteiger partial charge in [0.05, 0.1) is 0 Å². The fourth-order valence-electron chi connectivity index (χ4n) is 3.87. The molecular formula is C22H24BrN3O. The summed E-state index contributed by atoms with van der Waals surface area (Å²) in [5.74, 6) is -0.0163. The summed E-state index contributed by atoms with van der Waals surface area (Å²) in [7, 11) is 0. The van der Waals surface area contributed by atoms with Crippen molar-refractivity contribution in [1.82, 2.24) is 15.6 Å². The summed E-state index contributed by atoms with van der Waals surface area (Å²) in [4.78, 5) is 15.7. The molecule has 1 aromatic heterocycles. The van der Waals surface area contributed by atoms with Crippen LogP contribution in [-0.4, -0.2) is 30.0 Å². The lowest BCUT2D eigenvalue weighted by atomic mass is 9.91. The Morgan fingerprint density at radius 3 is 2.93 bits per heavy atom. The molecule has 0 aliphatic heterocycles. The minimum absolute atomic E-state index is 0.0163. The van der Waals surface area contributed by atoms with Gasteiger partial charge in [0.2, 0.25) is 0 Å². The molecule has 1 aliphatic carbocycles. The van der Waals surface area contributed by atoms with E-state index in [0.717, 1.165) is 36.7 Å². The number of carbonyl (C=O) groups excluding carboxylic acids is 1. The van der Waals surface area contributed by atoms with Gasteiger partial charge in [0.1, 0.15) is 0 Å². The first-order chi connectivity index (χ1) is 13.2. The molecule has 3 aromatic rings. The predicted molar refractivity (Wildman–Crippen MR) is 113 cm³/mol. The molecule has 5 heteroatoms. The SMILES string of the molecule is O=C(NCCCNC1CCc2[nH]c3ccccc3c2C1)c1cccc(Br)c1. The topological polar surface area (TPSA) is 56.9 Å². The maximum absolute atomic E-state index is 12.1. The molecule has 1 atom stereocenters. The summed E-state index contributed by atoms with van der Waals surface area (Å²) in [5, 5.41) is 8.02. The molecule has 3 N–H and O–H groups in total. The molecule has 1 aliphatic rings. The number of carbonyl (C=O) groups is 1. The second kappa shape index (κ2) is 8.28. The van der Waals surface area contributed by atoms with E-state index in [-0.39, 0.29) is 5.91 Å². The fraction of sp³-hybridized carbons (Fsp3) is 0.318. The molecule has 1 heterocycles. The Hall–Kier alpha value is -2.11. The Morgan fingerprint density at radius 2 is 2.04 bits per heavy atom. The molecule has 1 unspecified atom stereocenters. The molecule has 0 saturated carbocycles. The van der Waals surface area contributed by atoms with Gasteiger partial charge in [-0.1, -0.05) is 40.2 Å². The zero-order valence-electron chi connectivity index (χ0n) is 15.2. The van der Waals surface area contributed by atoms with E-state index in [9.17, 15) is 4.79 Å². The maximum Gasteiger partial charge on any atom is 0.251 e. The van der Waals surface area contributed by atoms with Crippen LogP contribution in [0.25, 0.3) is 10.9 Å². The number of H-pyrrole nitrogens is 1. The average Bonchev–Trinajstić information content (AvgIpc) is 3.05. The number of benzene rings is 2. The zero-order valence-corrected chi connectivity index (χ0v) is 16.8. The third-order valence-corrected chi connectivity index (χ3v) is 5.75. The molecule has 27 heavy (non-hydrogen) atoms. The quantitative estimate of drug-likeness (QED) is 0.518. The Bertz CT molecular complexity index is 950. The fourth-order valence-corrected chi connectivity index (χ4v) is 4.27. The number of halogens is 1. The highest BCUT2D eigenvalue weighted by Gasteiger charge is 2.21. The summed E-state index contributed by atoms with van der Waals surface area (Å²) in [6.07, 6.45) is 4.26. The molecule has 1 amide bonds. The number of aromatic nitrogens is 1. The number of amides is 1. The number of hydrogen-bond acceptors (Lipinski definition) is 2. The van der Waals surface area contributed by atoms with Crippen LogP contribution in [0.1, 0.15) is 34.5 Å². The molecule has 4 nitrogen and oxygen atoms in total. The molecule has 0 fully saturated rings. The van der Waals surface area contributed by atoms with E-state index < -0.39 is 0 Å². The van der Waals surface area contributed by atoms with Gasteiger partial charge < -0.3 is 15.6 Å². The number of fused-ring (bicyclic) bond motifs is 3. The first kappa shape index (κ1) is 18.3. The highest BCUT2D eigenvalue weighted by molar-refractivity contribution is 9.10. The number of hydrogen-bond donors (Lipinski definition) is 3. The Morgan fingerprint density at radius 1 is 1.15 bits per heavy atom. The summed E-state index contributed by atoms with van der Waals surface area (Å²) in [6, 6.07) is 16.6. The van der Waals surface area contributed by atoms with E-state index in [2.05, 4.69) is 55.8 Å². The second-order valence-corrected chi connectivity index (χ2v) is 8.06. The smallest absolute Gasteiger partial charge is 0.251 e. The largest absolute Gasteiger partial charge is 0.358 e. The minimum atomic E-state index is -0.0163. The molecule has 2 aromatic carbocycles. The summed E-state index contributed by atoms with van der Waals surface area (Å²) in [5.41, 5.74) is 4.81. The third kappa shape index (κ3) is 4.25. The summed E-state index contributed by atoms with van der Waals surface area (Å²) in [6.45, 7) is 1.60. The van der Waals surface area contributed by atoms with Gasteiger partial charge in [-0.2, -0.15) is 0 Å². The minimum Gasteiger partial charge on any atom is -0.358 e. The van der Waals surface area contributed by atoms with Crippen molar-refractivity contribution in [3.05, 3.63) is 69.8 Å². The lowest BCUT2D eigenvalue weighted by Crippen LogP contribution is -2.36. The van der Waals surface area contributed by atoms with Crippen molar-refractivity contribution in [2.45, 2.75) is 31.7 Å². The molecule has 4 rings (SSSR count). The Kier molecular flexibility index (Phi) is 5.60. The Balaban J connectivity index is 1.23. The van der Waals surface area contributed by atoms with Crippen LogP contribution in [0, 0.1) is 0 Å². The van der Waals surface area contributed by atoms with Crippen molar-refractivity contribution in [2.24, 2.45) is 0 Å². The van der Waals surface area contributed by atoms with Gasteiger partial charge in [0.15, 0.2) is 0 Å². The molecular weight excluding hydrogens is 402 g/mol. The summed E-state index contributed by atoms with van der Waals surface area (Å²) >= 11 is 3.40. The third-order valence-electron chi connectivity index (χ3n) is 5.25. The van der Waals surface area contributed by atoms with Gasteiger partial charge in [0, 0.05) is 39.2 Å². The van der Waals surface area contributed by atoms with Gasteiger partial charge >= 0.3 is 0 Å². The number of nitrogens with one attached hydrogen (secondary N) is 3. The number of aryl methyl sites for hydroxylation is 1. The van der Waals surface area contributed by atoms with Crippen LogP contribution in [0.4, 0.5) is 0 Å². The van der Waals surface area contributed by atoms with Crippen LogP contribution in [0.15, 0.2) is 53.0 Å². The van der Waals surface area contributed by atoms with Crippen molar-refractivity contribution in [3.8, 4) is 0 Å². The average molecular weight is 426 g/mol. The lowest BCUT2D eigenvalue weighted by molar-refractivity contribution is 0.0953. The van der Waals surface area contributed by atoms with Crippen LogP contribution < -0.4 is 10.6 Å². The van der Waals surface area contributed by atoms with Gasteiger partial charge in [-0.3, -0.25) is 4.79 Å². The standard InChI is InChI=1S/C22H24BrN3O/c23-16-6-3-5-15(13-16)22(27)25-12-4-11-24-17-9-10-21-19(14-17)18-7-1-2-8-20(18)26-21/h1-3,5-8,13,17,24,26H,4,9-12,14H2,(H,25,27). The molecule has 0 spiro atoms. The van der Waals surface area contributed by atoms with E-state index in [1.807, 2.05) is 24.3 Å². The Labute approximate surface area is 167 Å². The van der Waals surface area contributed by atoms with Crippen LogP contribution in [0.5, 0.6) is 0 Å². The normalized spacial score (nSPS) is 16.3. The van der Waals surface area contributed by atoms with E-state index in [0.29, 0.717) is 18.2 Å². The van der Waals surface area contributed by atoms with Crippen molar-refractivity contribution in [2.75, 3.05) is 13.1 Å². The van der Waals surface area contributed by atoms with E-state index in [1.54, 1.807) is 0 Å². The van der Waals surface area contributed by atoms with E-state index >= 15 is 0 Å². The van der Waals surface area contributed by atoms with Crippen molar-refractivity contribution >= 4 is 32.7 Å². The first-order valence-corrected chi connectivity index (χ1v) is 10.4. The van der Waals surface area contributed by atoms with Crippen LogP contribution in [0.3, 0.4) is 0 Å². The predicted octanol–water partition coefficient (Wildman–Crippen LogP) is 4.20. The first-order valence-electron chi connectivity index (χ1n) is 9.56. The van der Waals surface area contributed by atoms with Gasteiger partial charge in [-0.05, 0) is 62.1 Å². The molecule has 0 bridgehead atoms. The lowest BCUT2D eigenvalue weighted by Gasteiger charge is -2.23. The number of para-hydroxylation sites is 1. The van der Waals surface area contributed by atoms with Crippen LogP contribution in [-0.2, 0) is 12.8 Å². The van der Waals surface area contributed by atoms with Crippen LogP contribution in [0.2, 0.25) is 0 Å². The van der Waals surface area contributed by atoms with Crippen molar-refractivity contribution in [1.29, 1.82) is 0 Å². The van der Waals surface area contributed by atoms with Gasteiger partial charge in [0.25, 0.3) is 5.91 Å². The van der Waals surface area contributed by atoms with Gasteiger partial charge in [-0.15, -0.1) is 0 Å². The monoisotopic (exact) mass is 425 g/mol. The maximum atomic E-state index is 12.1. The molecule has 0 saturated heterocycles. The highest BCUT2D eigenvalue weighted by Crippen LogP contribution is 2.28. The second-order valence-electron chi connectivity index (χ2n) is 7.14. The van der Waals surface area contributed by atoms with E-state index in [4.69, 9.17) is 0 Å². The van der Waals surface area contributed by atoms with Crippen molar-refractivity contribution < 1.29 is 4.79 Å². The molecule has 140 valence electrons. The highest BCUT2D eigenvalue weighted by atomic mass is 79.9. The van der Waals surface area contributed by atoms with Crippen LogP contribution >= 0.6 is 15.9 Å². The van der Waals surface area contributed by atoms with Crippen molar-refractivity contribution in [3.63, 3.8) is 0 Å². The zero-order chi connectivity index (χ0) is 18.6. The summed E-state index contributed by atoms with van der Waals surface area (Å²) < 4.78 is 0.922. The van der Waals surface area contributed by atoms with E-state index in [1.165, 1.54) is 22.2 Å². The molecule has 0 radical (unpaired) electrons.